The van der Waals surface area contributed by atoms with Gasteiger partial charge in [0.15, 0.2) is 0 Å². The van der Waals surface area contributed by atoms with Gasteiger partial charge in [0.2, 0.25) is 11.8 Å². The second kappa shape index (κ2) is 8.24. The molecule has 2 aromatic rings. The summed E-state index contributed by atoms with van der Waals surface area (Å²) in [6.07, 6.45) is 3.79. The van der Waals surface area contributed by atoms with E-state index in [1.54, 1.807) is 13.0 Å². The SMILES string of the molecule is CCOC(=O)c1c(NC(=O)C[C@@H]2Nc3ccccc3NC2=O)sc2c1CCCC2. The van der Waals surface area contributed by atoms with E-state index in [4.69, 9.17) is 4.74 Å². The second-order valence-corrected chi connectivity index (χ2v) is 8.22. The van der Waals surface area contributed by atoms with E-state index in [-0.39, 0.29) is 24.8 Å². The van der Waals surface area contributed by atoms with E-state index in [0.717, 1.165) is 41.8 Å². The number of nitrogens with one attached hydrogen (secondary N) is 3. The highest BCUT2D eigenvalue weighted by atomic mass is 32.1. The van der Waals surface area contributed by atoms with Gasteiger partial charge in [-0.05, 0) is 50.3 Å². The summed E-state index contributed by atoms with van der Waals surface area (Å²) in [6.45, 7) is 2.04. The topological polar surface area (TPSA) is 96.5 Å². The average Bonchev–Trinajstić information content (AvgIpc) is 3.06. The summed E-state index contributed by atoms with van der Waals surface area (Å²) in [5, 5.41) is 9.30. The number of amides is 2. The number of hydrogen-bond acceptors (Lipinski definition) is 6. The van der Waals surface area contributed by atoms with Crippen molar-refractivity contribution in [2.75, 3.05) is 22.6 Å². The number of fused-ring (bicyclic) bond motifs is 2. The molecule has 7 nitrogen and oxygen atoms in total. The maximum absolute atomic E-state index is 12.7. The molecule has 0 saturated heterocycles. The van der Waals surface area contributed by atoms with Crippen molar-refractivity contribution in [2.24, 2.45) is 0 Å². The predicted molar refractivity (Wildman–Crippen MR) is 113 cm³/mol. The smallest absolute Gasteiger partial charge is 0.341 e. The van der Waals surface area contributed by atoms with Crippen LogP contribution in [0.2, 0.25) is 0 Å². The van der Waals surface area contributed by atoms with E-state index in [9.17, 15) is 14.4 Å². The Balaban J connectivity index is 1.51. The molecule has 152 valence electrons. The molecule has 1 atom stereocenters. The lowest BCUT2D eigenvalue weighted by Gasteiger charge is -2.26. The fourth-order valence-electron chi connectivity index (χ4n) is 3.77. The third kappa shape index (κ3) is 3.98. The minimum Gasteiger partial charge on any atom is -0.462 e. The number of carbonyl (C=O) groups excluding carboxylic acids is 3. The predicted octanol–water partition coefficient (Wildman–Crippen LogP) is 3.57. The van der Waals surface area contributed by atoms with Crippen molar-refractivity contribution in [2.45, 2.75) is 45.1 Å². The van der Waals surface area contributed by atoms with E-state index in [1.807, 2.05) is 18.2 Å². The van der Waals surface area contributed by atoms with Crippen molar-refractivity contribution in [3.05, 3.63) is 40.3 Å². The third-order valence-corrected chi connectivity index (χ3v) is 6.33. The summed E-state index contributed by atoms with van der Waals surface area (Å²) < 4.78 is 5.22. The van der Waals surface area contributed by atoms with Gasteiger partial charge in [-0.25, -0.2) is 4.79 Å². The molecule has 1 aliphatic carbocycles. The van der Waals surface area contributed by atoms with Gasteiger partial charge >= 0.3 is 5.97 Å². The lowest BCUT2D eigenvalue weighted by atomic mass is 9.95. The number of esters is 1. The summed E-state index contributed by atoms with van der Waals surface area (Å²) in [4.78, 5) is 38.7. The molecule has 2 heterocycles. The molecular formula is C21H23N3O4S. The van der Waals surface area contributed by atoms with Gasteiger partial charge in [-0.2, -0.15) is 0 Å². The molecule has 0 fully saturated rings. The van der Waals surface area contributed by atoms with Crippen molar-refractivity contribution in [1.29, 1.82) is 0 Å². The molecule has 2 aliphatic rings. The standard InChI is InChI=1S/C21H23N3O4S/c1-2-28-21(27)18-12-7-3-6-10-16(12)29-20(18)24-17(25)11-15-19(26)23-14-9-5-4-8-13(14)22-15/h4-5,8-9,15,22H,2-3,6-7,10-11H2,1H3,(H,23,26)(H,24,25)/t15-/m0/s1. The summed E-state index contributed by atoms with van der Waals surface area (Å²) in [5.41, 5.74) is 2.96. The van der Waals surface area contributed by atoms with Crippen molar-refractivity contribution in [3.8, 4) is 0 Å². The second-order valence-electron chi connectivity index (χ2n) is 7.12. The van der Waals surface area contributed by atoms with E-state index in [0.29, 0.717) is 16.3 Å². The Hall–Kier alpha value is -2.87. The molecule has 1 aliphatic heterocycles. The van der Waals surface area contributed by atoms with Crippen LogP contribution in [0.5, 0.6) is 0 Å². The van der Waals surface area contributed by atoms with Crippen molar-refractivity contribution >= 4 is 45.5 Å². The molecule has 1 aromatic heterocycles. The first-order valence-corrected chi connectivity index (χ1v) is 10.7. The molecule has 1 aromatic carbocycles. The van der Waals surface area contributed by atoms with Gasteiger partial charge in [0.25, 0.3) is 0 Å². The number of aryl methyl sites for hydroxylation is 1. The number of hydrogen-bond donors (Lipinski definition) is 3. The highest BCUT2D eigenvalue weighted by Gasteiger charge is 2.30. The first-order valence-electron chi connectivity index (χ1n) is 9.84. The quantitative estimate of drug-likeness (QED) is 0.651. The Labute approximate surface area is 172 Å². The first-order chi connectivity index (χ1) is 14.1. The zero-order valence-electron chi connectivity index (χ0n) is 16.2. The molecule has 2 amide bonds. The highest BCUT2D eigenvalue weighted by molar-refractivity contribution is 7.17. The van der Waals surface area contributed by atoms with Crippen LogP contribution in [0.1, 0.15) is 47.0 Å². The maximum atomic E-state index is 12.7. The number of para-hydroxylation sites is 2. The Morgan fingerprint density at radius 2 is 1.97 bits per heavy atom. The van der Waals surface area contributed by atoms with Gasteiger partial charge in [-0.1, -0.05) is 12.1 Å². The highest BCUT2D eigenvalue weighted by Crippen LogP contribution is 2.38. The Bertz CT molecular complexity index is 969. The van der Waals surface area contributed by atoms with Crippen LogP contribution in [0.25, 0.3) is 0 Å². The van der Waals surface area contributed by atoms with Gasteiger partial charge in [0.1, 0.15) is 11.0 Å². The molecule has 0 bridgehead atoms. The number of thiophene rings is 1. The monoisotopic (exact) mass is 413 g/mol. The van der Waals surface area contributed by atoms with E-state index < -0.39 is 12.0 Å². The van der Waals surface area contributed by atoms with Crippen molar-refractivity contribution < 1.29 is 19.1 Å². The molecule has 0 spiro atoms. The first kappa shape index (κ1) is 19.4. The number of carbonyl (C=O) groups is 3. The van der Waals surface area contributed by atoms with Crippen molar-refractivity contribution in [3.63, 3.8) is 0 Å². The van der Waals surface area contributed by atoms with Gasteiger partial charge in [0, 0.05) is 4.88 Å². The lowest BCUT2D eigenvalue weighted by molar-refractivity contribution is -0.122. The third-order valence-electron chi connectivity index (χ3n) is 5.12. The average molecular weight is 413 g/mol. The minimum absolute atomic E-state index is 0.0367. The minimum atomic E-state index is -0.675. The Kier molecular flexibility index (Phi) is 5.53. The number of anilines is 3. The van der Waals surface area contributed by atoms with Crippen LogP contribution in [0, 0.1) is 0 Å². The Morgan fingerprint density at radius 3 is 2.76 bits per heavy atom. The normalized spacial score (nSPS) is 17.4. The molecular weight excluding hydrogens is 390 g/mol. The van der Waals surface area contributed by atoms with Crippen LogP contribution >= 0.6 is 11.3 Å². The molecule has 4 rings (SSSR count). The summed E-state index contributed by atoms with van der Waals surface area (Å²) in [7, 11) is 0. The zero-order valence-corrected chi connectivity index (χ0v) is 17.0. The maximum Gasteiger partial charge on any atom is 0.341 e. The van der Waals surface area contributed by atoms with Gasteiger partial charge < -0.3 is 20.7 Å². The van der Waals surface area contributed by atoms with Crippen LogP contribution in [0.4, 0.5) is 16.4 Å². The molecule has 8 heteroatoms. The van der Waals surface area contributed by atoms with Crippen LogP contribution in [-0.2, 0) is 27.2 Å². The molecule has 0 saturated carbocycles. The molecule has 3 N–H and O–H groups in total. The van der Waals surface area contributed by atoms with Gasteiger partial charge in [-0.15, -0.1) is 11.3 Å². The largest absolute Gasteiger partial charge is 0.462 e. The lowest BCUT2D eigenvalue weighted by Crippen LogP contribution is -2.41. The van der Waals surface area contributed by atoms with Crippen LogP contribution in [-0.4, -0.2) is 30.4 Å². The zero-order chi connectivity index (χ0) is 20.4. The molecule has 0 radical (unpaired) electrons. The van der Waals surface area contributed by atoms with Crippen LogP contribution in [0.3, 0.4) is 0 Å². The number of rotatable bonds is 5. The fraction of sp³-hybridized carbons (Fsp3) is 0.381. The fourth-order valence-corrected chi connectivity index (χ4v) is 5.06. The van der Waals surface area contributed by atoms with Crippen molar-refractivity contribution in [1.82, 2.24) is 0 Å². The van der Waals surface area contributed by atoms with Gasteiger partial charge in [0.05, 0.1) is 30.0 Å². The van der Waals surface area contributed by atoms with E-state index in [1.165, 1.54) is 11.3 Å². The van der Waals surface area contributed by atoms with E-state index >= 15 is 0 Å². The number of benzene rings is 1. The van der Waals surface area contributed by atoms with Crippen LogP contribution < -0.4 is 16.0 Å². The van der Waals surface area contributed by atoms with Crippen LogP contribution in [0.15, 0.2) is 24.3 Å². The number of ether oxygens (including phenoxy) is 1. The Morgan fingerprint density at radius 1 is 1.21 bits per heavy atom. The summed E-state index contributed by atoms with van der Waals surface area (Å²) in [6, 6.07) is 6.68. The molecule has 0 unspecified atom stereocenters. The summed E-state index contributed by atoms with van der Waals surface area (Å²) in [5.74, 6) is -0.972. The summed E-state index contributed by atoms with van der Waals surface area (Å²) >= 11 is 1.44. The van der Waals surface area contributed by atoms with Gasteiger partial charge in [-0.3, -0.25) is 9.59 Å². The molecule has 29 heavy (non-hydrogen) atoms. The van der Waals surface area contributed by atoms with E-state index in [2.05, 4.69) is 16.0 Å².